The van der Waals surface area contributed by atoms with Gasteiger partial charge in [0.1, 0.15) is 5.54 Å². The Morgan fingerprint density at radius 1 is 1.16 bits per heavy atom. The molecule has 0 bridgehead atoms. The molecular weight excluding hydrogens is 302 g/mol. The summed E-state index contributed by atoms with van der Waals surface area (Å²) in [4.78, 5) is 23.6. The fraction of sp³-hybridized carbons (Fsp3) is 0.833. The molecule has 1 atom stereocenters. The highest BCUT2D eigenvalue weighted by atomic mass is 32.2. The molecule has 19 heavy (non-hydrogen) atoms. The number of hydrogen-bond donors (Lipinski definition) is 2. The molecule has 0 radical (unpaired) electrons. The minimum absolute atomic E-state index is 0.102. The van der Waals surface area contributed by atoms with Crippen LogP contribution in [0.1, 0.15) is 19.3 Å². The molecule has 2 heterocycles. The number of hydrogen-bond acceptors (Lipinski definition) is 5. The van der Waals surface area contributed by atoms with E-state index in [1.807, 2.05) is 23.5 Å². The number of nitrogens with one attached hydrogen (secondary N) is 1. The molecule has 1 unspecified atom stereocenters. The van der Waals surface area contributed by atoms with Crippen molar-refractivity contribution in [3.63, 3.8) is 0 Å². The number of carboxylic acids is 1. The first kappa shape index (κ1) is 15.4. The zero-order chi connectivity index (χ0) is 13.7. The normalized spacial score (nSPS) is 26.6. The summed E-state index contributed by atoms with van der Waals surface area (Å²) in [5.74, 6) is 3.86. The van der Waals surface area contributed by atoms with Crippen LogP contribution < -0.4 is 5.32 Å². The van der Waals surface area contributed by atoms with Crippen molar-refractivity contribution in [2.24, 2.45) is 0 Å². The van der Waals surface area contributed by atoms with Crippen molar-refractivity contribution in [2.45, 2.75) is 30.1 Å². The third-order valence-corrected chi connectivity index (χ3v) is 7.26. The van der Waals surface area contributed by atoms with E-state index in [1.54, 1.807) is 11.8 Å². The zero-order valence-electron chi connectivity index (χ0n) is 10.7. The van der Waals surface area contributed by atoms with Gasteiger partial charge in [0.05, 0.1) is 0 Å². The van der Waals surface area contributed by atoms with Crippen LogP contribution in [0.15, 0.2) is 0 Å². The second kappa shape index (κ2) is 7.13. The molecule has 2 N–H and O–H groups in total. The van der Waals surface area contributed by atoms with Crippen molar-refractivity contribution in [3.05, 3.63) is 0 Å². The molecule has 0 spiro atoms. The Balaban J connectivity index is 1.89. The lowest BCUT2D eigenvalue weighted by atomic mass is 9.92. The molecule has 2 fully saturated rings. The van der Waals surface area contributed by atoms with Gasteiger partial charge in [-0.2, -0.15) is 35.3 Å². The first-order valence-corrected chi connectivity index (χ1v) is 9.80. The number of carboxylic acid groups (broad SMARTS) is 1. The fourth-order valence-corrected chi connectivity index (χ4v) is 6.16. The topological polar surface area (TPSA) is 66.4 Å². The lowest BCUT2D eigenvalue weighted by Gasteiger charge is -2.34. The van der Waals surface area contributed by atoms with Gasteiger partial charge in [-0.05, 0) is 24.3 Å². The van der Waals surface area contributed by atoms with Gasteiger partial charge in [-0.1, -0.05) is 0 Å². The number of thioether (sulfide) groups is 3. The maximum atomic E-state index is 12.1. The van der Waals surface area contributed by atoms with Gasteiger partial charge in [0.25, 0.3) is 0 Å². The molecule has 0 aromatic rings. The molecule has 1 amide bonds. The highest BCUT2D eigenvalue weighted by Gasteiger charge is 2.41. The van der Waals surface area contributed by atoms with Crippen LogP contribution in [0.2, 0.25) is 0 Å². The summed E-state index contributed by atoms with van der Waals surface area (Å²) in [6.45, 7) is 0. The molecule has 2 aliphatic heterocycles. The minimum Gasteiger partial charge on any atom is -0.480 e. The van der Waals surface area contributed by atoms with E-state index in [4.69, 9.17) is 0 Å². The standard InChI is InChI=1S/C12H19NO3S3/c14-10(7-9-8-18-5-6-19-9)13-12(11(15)16)1-3-17-4-2-12/h9H,1-8H2,(H,13,14)(H,15,16). The number of carbonyl (C=O) groups is 2. The average molecular weight is 321 g/mol. The lowest BCUT2D eigenvalue weighted by molar-refractivity contribution is -0.148. The molecule has 2 saturated heterocycles. The van der Waals surface area contributed by atoms with E-state index in [2.05, 4.69) is 5.32 Å². The van der Waals surface area contributed by atoms with Gasteiger partial charge in [0.15, 0.2) is 0 Å². The van der Waals surface area contributed by atoms with E-state index in [0.717, 1.165) is 28.8 Å². The van der Waals surface area contributed by atoms with Crippen LogP contribution in [0.25, 0.3) is 0 Å². The molecule has 7 heteroatoms. The summed E-state index contributed by atoms with van der Waals surface area (Å²) in [6, 6.07) is 0. The Labute approximate surface area is 126 Å². The van der Waals surface area contributed by atoms with E-state index in [9.17, 15) is 14.7 Å². The molecule has 0 aromatic carbocycles. The number of carbonyl (C=O) groups excluding carboxylic acids is 1. The van der Waals surface area contributed by atoms with Gasteiger partial charge in [-0.15, -0.1) is 0 Å². The van der Waals surface area contributed by atoms with Crippen molar-refractivity contribution in [1.82, 2.24) is 5.32 Å². The van der Waals surface area contributed by atoms with Crippen LogP contribution in [-0.4, -0.2) is 56.5 Å². The lowest BCUT2D eigenvalue weighted by Crippen LogP contribution is -2.56. The quantitative estimate of drug-likeness (QED) is 0.821. The smallest absolute Gasteiger partial charge is 0.329 e. The Morgan fingerprint density at radius 3 is 2.47 bits per heavy atom. The monoisotopic (exact) mass is 321 g/mol. The molecule has 108 valence electrons. The highest BCUT2D eigenvalue weighted by Crippen LogP contribution is 2.29. The number of aliphatic carboxylic acids is 1. The van der Waals surface area contributed by atoms with Gasteiger partial charge in [0, 0.05) is 28.9 Å². The summed E-state index contributed by atoms with van der Waals surface area (Å²) in [5.41, 5.74) is -1.02. The predicted octanol–water partition coefficient (Wildman–Crippen LogP) is 1.69. The van der Waals surface area contributed by atoms with E-state index in [1.165, 1.54) is 0 Å². The first-order chi connectivity index (χ1) is 9.12. The van der Waals surface area contributed by atoms with Crippen molar-refractivity contribution < 1.29 is 14.7 Å². The summed E-state index contributed by atoms with van der Waals surface area (Å²) in [6.07, 6.45) is 1.51. The third-order valence-electron chi connectivity index (χ3n) is 3.43. The van der Waals surface area contributed by atoms with Crippen LogP contribution >= 0.6 is 35.3 Å². The van der Waals surface area contributed by atoms with Crippen molar-refractivity contribution in [1.29, 1.82) is 0 Å². The summed E-state index contributed by atoms with van der Waals surface area (Å²) in [7, 11) is 0. The van der Waals surface area contributed by atoms with Crippen molar-refractivity contribution >= 4 is 47.2 Å². The van der Waals surface area contributed by atoms with E-state index >= 15 is 0 Å². The number of amides is 1. The highest BCUT2D eigenvalue weighted by molar-refractivity contribution is 8.06. The summed E-state index contributed by atoms with van der Waals surface area (Å²) in [5, 5.41) is 12.6. The molecular formula is C12H19NO3S3. The first-order valence-electron chi connectivity index (χ1n) is 6.44. The fourth-order valence-electron chi connectivity index (χ4n) is 2.29. The molecule has 0 saturated carbocycles. The molecule has 2 aliphatic rings. The van der Waals surface area contributed by atoms with Crippen LogP contribution in [0.3, 0.4) is 0 Å². The van der Waals surface area contributed by atoms with E-state index in [-0.39, 0.29) is 5.91 Å². The Kier molecular flexibility index (Phi) is 5.77. The van der Waals surface area contributed by atoms with Gasteiger partial charge in [-0.3, -0.25) is 4.79 Å². The SMILES string of the molecule is O=C(CC1CSCCS1)NC1(C(=O)O)CCSCC1. The van der Waals surface area contributed by atoms with Gasteiger partial charge >= 0.3 is 5.97 Å². The molecule has 0 aromatic heterocycles. The van der Waals surface area contributed by atoms with E-state index < -0.39 is 11.5 Å². The summed E-state index contributed by atoms with van der Waals surface area (Å²) < 4.78 is 0. The van der Waals surface area contributed by atoms with Crippen LogP contribution in [-0.2, 0) is 9.59 Å². The van der Waals surface area contributed by atoms with Gasteiger partial charge in [0.2, 0.25) is 5.91 Å². The number of rotatable bonds is 4. The maximum absolute atomic E-state index is 12.1. The predicted molar refractivity (Wildman–Crippen MR) is 83.3 cm³/mol. The van der Waals surface area contributed by atoms with E-state index in [0.29, 0.717) is 24.5 Å². The largest absolute Gasteiger partial charge is 0.480 e. The zero-order valence-corrected chi connectivity index (χ0v) is 13.2. The second-order valence-electron chi connectivity index (χ2n) is 4.82. The molecule has 4 nitrogen and oxygen atoms in total. The third kappa shape index (κ3) is 4.23. The molecule has 2 rings (SSSR count). The maximum Gasteiger partial charge on any atom is 0.329 e. The Hall–Kier alpha value is -0.0100. The van der Waals surface area contributed by atoms with Gasteiger partial charge in [-0.25, -0.2) is 4.79 Å². The van der Waals surface area contributed by atoms with Crippen molar-refractivity contribution in [2.75, 3.05) is 28.8 Å². The van der Waals surface area contributed by atoms with Crippen LogP contribution in [0.5, 0.6) is 0 Å². The average Bonchev–Trinajstić information content (AvgIpc) is 2.40. The Morgan fingerprint density at radius 2 is 1.89 bits per heavy atom. The molecule has 0 aliphatic carbocycles. The van der Waals surface area contributed by atoms with Crippen LogP contribution in [0.4, 0.5) is 0 Å². The van der Waals surface area contributed by atoms with Crippen molar-refractivity contribution in [3.8, 4) is 0 Å². The van der Waals surface area contributed by atoms with Crippen LogP contribution in [0, 0.1) is 0 Å². The minimum atomic E-state index is -1.02. The Bertz CT molecular complexity index is 339. The second-order valence-corrected chi connectivity index (χ2v) is 8.60. The summed E-state index contributed by atoms with van der Waals surface area (Å²) >= 11 is 5.46. The van der Waals surface area contributed by atoms with Gasteiger partial charge < -0.3 is 10.4 Å².